The summed E-state index contributed by atoms with van der Waals surface area (Å²) in [6.07, 6.45) is 0. The van der Waals surface area contributed by atoms with E-state index in [9.17, 15) is 0 Å². The van der Waals surface area contributed by atoms with Gasteiger partial charge in [-0.3, -0.25) is 0 Å². The second kappa shape index (κ2) is 12.9. The summed E-state index contributed by atoms with van der Waals surface area (Å²) in [5, 5.41) is 7.38. The molecular weight excluding hydrogens is 705 g/mol. The van der Waals surface area contributed by atoms with Gasteiger partial charge in [0.1, 0.15) is 0 Å². The Bertz CT molecular complexity index is 3550. The third-order valence-corrected chi connectivity index (χ3v) is 11.6. The first kappa shape index (κ1) is 32.4. The first-order chi connectivity index (χ1) is 28.7. The second-order valence-corrected chi connectivity index (χ2v) is 15.0. The largest absolute Gasteiger partial charge is 0.309 e. The predicted octanol–water partition coefficient (Wildman–Crippen LogP) is 14.0. The van der Waals surface area contributed by atoms with Gasteiger partial charge >= 0.3 is 0 Å². The van der Waals surface area contributed by atoms with Crippen molar-refractivity contribution in [2.45, 2.75) is 0 Å². The number of rotatable bonds is 5. The molecule has 9 aromatic carbocycles. The van der Waals surface area contributed by atoms with Crippen LogP contribution in [0.1, 0.15) is 0 Å². The summed E-state index contributed by atoms with van der Waals surface area (Å²) in [4.78, 5) is 10.8. The summed E-state index contributed by atoms with van der Waals surface area (Å²) in [6, 6.07) is 73.7. The molecule has 4 nitrogen and oxygen atoms in total. The number of hydrogen-bond acceptors (Lipinski definition) is 2. The number of nitrogens with zero attached hydrogens (tertiary/aromatic N) is 4. The molecule has 0 aliphatic carbocycles. The molecular formula is C54H34N4. The van der Waals surface area contributed by atoms with Crippen LogP contribution in [0.2, 0.25) is 0 Å². The first-order valence-corrected chi connectivity index (χ1v) is 19.7. The van der Waals surface area contributed by atoms with Crippen molar-refractivity contribution in [2.75, 3.05) is 0 Å². The van der Waals surface area contributed by atoms with Crippen molar-refractivity contribution in [3.05, 3.63) is 206 Å². The maximum absolute atomic E-state index is 5.47. The Morgan fingerprint density at radius 1 is 0.276 bits per heavy atom. The van der Waals surface area contributed by atoms with Gasteiger partial charge in [-0.2, -0.15) is 0 Å². The van der Waals surface area contributed by atoms with Crippen LogP contribution >= 0.6 is 0 Å². The van der Waals surface area contributed by atoms with Gasteiger partial charge in [0, 0.05) is 44.0 Å². The normalized spacial score (nSPS) is 11.8. The first-order valence-electron chi connectivity index (χ1n) is 19.7. The van der Waals surface area contributed by atoms with E-state index in [1.807, 2.05) is 6.07 Å². The van der Waals surface area contributed by atoms with E-state index >= 15 is 0 Å². The van der Waals surface area contributed by atoms with Crippen LogP contribution in [0.15, 0.2) is 206 Å². The van der Waals surface area contributed by atoms with E-state index in [4.69, 9.17) is 9.97 Å². The van der Waals surface area contributed by atoms with E-state index in [-0.39, 0.29) is 0 Å². The molecule has 0 aliphatic rings. The molecule has 0 bridgehead atoms. The molecule has 3 aromatic heterocycles. The van der Waals surface area contributed by atoms with Gasteiger partial charge in [-0.25, -0.2) is 9.97 Å². The third kappa shape index (κ3) is 5.09. The number of hydrogen-bond donors (Lipinski definition) is 0. The lowest BCUT2D eigenvalue weighted by Crippen LogP contribution is -1.99. The van der Waals surface area contributed by atoms with Crippen molar-refractivity contribution in [3.8, 4) is 45.0 Å². The standard InChI is InChI=1S/C54H34N4/c1-4-15-35(16-5-1)37-21-14-22-40(29-37)54-53(36-17-6-2-7-18-36)55-47-28-27-42(32-48(47)56-54)58-49-26-13-12-25-43(49)45-33-46-44-30-38-19-10-11-20-39(38)31-50(44)57(52(46)34-51(45)58)41-23-8-3-9-24-41/h1-34H. The van der Waals surface area contributed by atoms with Crippen LogP contribution in [-0.4, -0.2) is 19.1 Å². The topological polar surface area (TPSA) is 35.6 Å². The Balaban J connectivity index is 1.12. The van der Waals surface area contributed by atoms with Gasteiger partial charge in [0.25, 0.3) is 0 Å². The fourth-order valence-electron chi connectivity index (χ4n) is 8.95. The maximum Gasteiger partial charge on any atom is 0.0973 e. The van der Waals surface area contributed by atoms with Crippen LogP contribution in [0.4, 0.5) is 0 Å². The minimum Gasteiger partial charge on any atom is -0.309 e. The molecule has 0 unspecified atom stereocenters. The van der Waals surface area contributed by atoms with E-state index in [0.717, 1.165) is 61.5 Å². The summed E-state index contributed by atoms with van der Waals surface area (Å²) in [7, 11) is 0. The monoisotopic (exact) mass is 738 g/mol. The quantitative estimate of drug-likeness (QED) is 0.176. The van der Waals surface area contributed by atoms with Gasteiger partial charge in [-0.1, -0.05) is 140 Å². The van der Waals surface area contributed by atoms with Crippen molar-refractivity contribution >= 4 is 65.4 Å². The Morgan fingerprint density at radius 2 is 0.828 bits per heavy atom. The molecule has 12 rings (SSSR count). The molecule has 0 N–H and O–H groups in total. The molecule has 0 saturated heterocycles. The van der Waals surface area contributed by atoms with Crippen LogP contribution in [-0.2, 0) is 0 Å². The van der Waals surface area contributed by atoms with Crippen LogP contribution in [0, 0.1) is 0 Å². The molecule has 12 aromatic rings. The number of para-hydroxylation sites is 2. The zero-order chi connectivity index (χ0) is 38.2. The van der Waals surface area contributed by atoms with Crippen LogP contribution in [0.3, 0.4) is 0 Å². The Hall–Kier alpha value is -7.82. The van der Waals surface area contributed by atoms with Gasteiger partial charge < -0.3 is 9.13 Å². The Morgan fingerprint density at radius 3 is 1.62 bits per heavy atom. The predicted molar refractivity (Wildman–Crippen MR) is 242 cm³/mol. The summed E-state index contributed by atoms with van der Waals surface area (Å²) >= 11 is 0. The fraction of sp³-hybridized carbons (Fsp3) is 0. The lowest BCUT2D eigenvalue weighted by molar-refractivity contribution is 1.16. The van der Waals surface area contributed by atoms with Gasteiger partial charge in [-0.15, -0.1) is 0 Å². The van der Waals surface area contributed by atoms with Crippen molar-refractivity contribution in [1.82, 2.24) is 19.1 Å². The lowest BCUT2D eigenvalue weighted by Gasteiger charge is -2.14. The summed E-state index contributed by atoms with van der Waals surface area (Å²) < 4.78 is 4.82. The maximum atomic E-state index is 5.47. The van der Waals surface area contributed by atoms with E-state index in [1.54, 1.807) is 0 Å². The van der Waals surface area contributed by atoms with E-state index in [2.05, 4.69) is 209 Å². The summed E-state index contributed by atoms with van der Waals surface area (Å²) in [5.41, 5.74) is 14.6. The zero-order valence-corrected chi connectivity index (χ0v) is 31.4. The average molecular weight is 739 g/mol. The minimum absolute atomic E-state index is 0.842. The summed E-state index contributed by atoms with van der Waals surface area (Å²) in [6.45, 7) is 0. The Kier molecular flexibility index (Phi) is 7.20. The highest BCUT2D eigenvalue weighted by molar-refractivity contribution is 6.20. The van der Waals surface area contributed by atoms with Gasteiger partial charge in [0.2, 0.25) is 0 Å². The molecule has 0 spiro atoms. The summed E-state index contributed by atoms with van der Waals surface area (Å²) in [5.74, 6) is 0. The lowest BCUT2D eigenvalue weighted by atomic mass is 9.99. The molecule has 0 atom stereocenters. The van der Waals surface area contributed by atoms with E-state index in [0.29, 0.717) is 0 Å². The number of fused-ring (bicyclic) bond motifs is 8. The molecule has 0 fully saturated rings. The zero-order valence-electron chi connectivity index (χ0n) is 31.4. The molecule has 0 amide bonds. The highest BCUT2D eigenvalue weighted by atomic mass is 15.0. The van der Waals surface area contributed by atoms with Crippen molar-refractivity contribution in [3.63, 3.8) is 0 Å². The number of aromatic nitrogens is 4. The average Bonchev–Trinajstić information content (AvgIpc) is 3.78. The highest BCUT2D eigenvalue weighted by Gasteiger charge is 2.20. The van der Waals surface area contributed by atoms with Crippen LogP contribution < -0.4 is 0 Å². The van der Waals surface area contributed by atoms with Gasteiger partial charge in [0.15, 0.2) is 0 Å². The Labute approximate surface area is 334 Å². The van der Waals surface area contributed by atoms with E-state index < -0.39 is 0 Å². The molecule has 58 heavy (non-hydrogen) atoms. The van der Waals surface area contributed by atoms with Crippen molar-refractivity contribution in [2.24, 2.45) is 0 Å². The minimum atomic E-state index is 0.842. The van der Waals surface area contributed by atoms with Gasteiger partial charge in [0.05, 0.1) is 44.5 Å². The van der Waals surface area contributed by atoms with Crippen LogP contribution in [0.5, 0.6) is 0 Å². The van der Waals surface area contributed by atoms with Gasteiger partial charge in [-0.05, 0) is 88.6 Å². The fourth-order valence-corrected chi connectivity index (χ4v) is 8.95. The molecule has 270 valence electrons. The smallest absolute Gasteiger partial charge is 0.0973 e. The van der Waals surface area contributed by atoms with E-state index in [1.165, 1.54) is 48.9 Å². The van der Waals surface area contributed by atoms with Crippen molar-refractivity contribution in [1.29, 1.82) is 0 Å². The third-order valence-electron chi connectivity index (χ3n) is 11.6. The van der Waals surface area contributed by atoms with Crippen LogP contribution in [0.25, 0.3) is 110 Å². The molecule has 4 heteroatoms. The molecule has 0 saturated carbocycles. The second-order valence-electron chi connectivity index (χ2n) is 15.0. The number of benzene rings is 9. The highest BCUT2D eigenvalue weighted by Crippen LogP contribution is 2.41. The molecule has 3 heterocycles. The SMILES string of the molecule is c1ccc(-c2cccc(-c3nc4cc(-n5c6ccccc6c6cc7c8cc9ccccc9cc8n(-c8ccccc8)c7cc65)ccc4nc3-c3ccccc3)c2)cc1. The molecule has 0 radical (unpaired) electrons. The van der Waals surface area contributed by atoms with Crippen molar-refractivity contribution < 1.29 is 0 Å². The molecule has 0 aliphatic heterocycles.